The van der Waals surface area contributed by atoms with Crippen molar-refractivity contribution < 1.29 is 13.5 Å². The van der Waals surface area contributed by atoms with Crippen LogP contribution in [0.25, 0.3) is 11.0 Å². The molecule has 4 rings (SSSR count). The number of aromatic nitrogens is 2. The first kappa shape index (κ1) is 20.3. The fourth-order valence-electron chi connectivity index (χ4n) is 3.69. The second kappa shape index (κ2) is 8.41. The number of nitrogens with zero attached hydrogens (tertiary/aromatic N) is 4. The SMILES string of the molecule is O=S(=O)(c1ccccc1)N1CCN(Cc2nc3ccc(Cl)cc3n2CCO)CC1. The summed E-state index contributed by atoms with van der Waals surface area (Å²) in [4.78, 5) is 7.22. The summed E-state index contributed by atoms with van der Waals surface area (Å²) in [5.74, 6) is 0.843. The maximum atomic E-state index is 12.8. The van der Waals surface area contributed by atoms with Gasteiger partial charge < -0.3 is 9.67 Å². The van der Waals surface area contributed by atoms with Crippen LogP contribution in [0.15, 0.2) is 53.4 Å². The number of fused-ring (bicyclic) bond motifs is 1. The molecule has 1 N–H and O–H groups in total. The molecule has 0 radical (unpaired) electrons. The van der Waals surface area contributed by atoms with Crippen LogP contribution in [0.3, 0.4) is 0 Å². The van der Waals surface area contributed by atoms with E-state index < -0.39 is 10.0 Å². The molecule has 0 bridgehead atoms. The lowest BCUT2D eigenvalue weighted by molar-refractivity contribution is 0.175. The minimum atomic E-state index is -3.46. The van der Waals surface area contributed by atoms with Gasteiger partial charge in [-0.1, -0.05) is 29.8 Å². The Morgan fingerprint density at radius 3 is 2.45 bits per heavy atom. The molecule has 0 unspecified atom stereocenters. The van der Waals surface area contributed by atoms with Gasteiger partial charge in [0.15, 0.2) is 0 Å². The number of benzene rings is 2. The average Bonchev–Trinajstić information content (AvgIpc) is 3.06. The van der Waals surface area contributed by atoms with Crippen LogP contribution in [0, 0.1) is 0 Å². The second-order valence-electron chi connectivity index (χ2n) is 7.03. The largest absolute Gasteiger partial charge is 0.395 e. The molecule has 0 amide bonds. The zero-order chi connectivity index (χ0) is 20.4. The molecule has 1 aromatic heterocycles. The van der Waals surface area contributed by atoms with Gasteiger partial charge in [0.1, 0.15) is 5.82 Å². The lowest BCUT2D eigenvalue weighted by Crippen LogP contribution is -2.48. The van der Waals surface area contributed by atoms with Crippen molar-refractivity contribution in [2.24, 2.45) is 0 Å². The van der Waals surface area contributed by atoms with Gasteiger partial charge in [0, 0.05) is 37.7 Å². The van der Waals surface area contributed by atoms with Gasteiger partial charge in [-0.25, -0.2) is 13.4 Å². The van der Waals surface area contributed by atoms with Crippen molar-refractivity contribution in [3.8, 4) is 0 Å². The lowest BCUT2D eigenvalue weighted by atomic mass is 10.3. The quantitative estimate of drug-likeness (QED) is 0.643. The highest BCUT2D eigenvalue weighted by atomic mass is 35.5. The highest BCUT2D eigenvalue weighted by Crippen LogP contribution is 2.23. The van der Waals surface area contributed by atoms with Crippen molar-refractivity contribution in [2.45, 2.75) is 18.0 Å². The summed E-state index contributed by atoms with van der Waals surface area (Å²) >= 11 is 6.12. The van der Waals surface area contributed by atoms with E-state index in [0.717, 1.165) is 16.9 Å². The predicted molar refractivity (Wildman–Crippen MR) is 112 cm³/mol. The molecule has 1 fully saturated rings. The Hall–Kier alpha value is -1.97. The first-order valence-electron chi connectivity index (χ1n) is 9.52. The van der Waals surface area contributed by atoms with E-state index >= 15 is 0 Å². The number of aliphatic hydroxyl groups is 1. The van der Waals surface area contributed by atoms with Crippen LogP contribution < -0.4 is 0 Å². The molecule has 1 aliphatic heterocycles. The molecule has 7 nitrogen and oxygen atoms in total. The number of aliphatic hydroxyl groups excluding tert-OH is 1. The van der Waals surface area contributed by atoms with E-state index in [9.17, 15) is 13.5 Å². The van der Waals surface area contributed by atoms with Crippen LogP contribution in [-0.2, 0) is 23.1 Å². The molecule has 3 aromatic rings. The summed E-state index contributed by atoms with van der Waals surface area (Å²) in [7, 11) is -3.46. The van der Waals surface area contributed by atoms with E-state index in [4.69, 9.17) is 16.6 Å². The Morgan fingerprint density at radius 1 is 1.03 bits per heavy atom. The van der Waals surface area contributed by atoms with E-state index in [1.54, 1.807) is 30.3 Å². The molecule has 0 spiro atoms. The number of halogens is 1. The van der Waals surface area contributed by atoms with Crippen molar-refractivity contribution >= 4 is 32.7 Å². The number of sulfonamides is 1. The Bertz CT molecular complexity index is 1090. The Balaban J connectivity index is 1.48. The number of rotatable bonds is 6. The summed E-state index contributed by atoms with van der Waals surface area (Å²) in [6.45, 7) is 3.14. The standard InChI is InChI=1S/C20H23ClN4O3S/c21-16-6-7-18-19(14-16)25(12-13-26)20(22-18)15-23-8-10-24(11-9-23)29(27,28)17-4-2-1-3-5-17/h1-7,14,26H,8-13,15H2. The maximum absolute atomic E-state index is 12.8. The molecule has 154 valence electrons. The highest BCUT2D eigenvalue weighted by Gasteiger charge is 2.28. The fraction of sp³-hybridized carbons (Fsp3) is 0.350. The Morgan fingerprint density at radius 2 is 1.76 bits per heavy atom. The third kappa shape index (κ3) is 4.17. The van der Waals surface area contributed by atoms with Gasteiger partial charge in [-0.15, -0.1) is 0 Å². The van der Waals surface area contributed by atoms with Gasteiger partial charge in [-0.05, 0) is 30.3 Å². The fourth-order valence-corrected chi connectivity index (χ4v) is 5.30. The third-order valence-electron chi connectivity index (χ3n) is 5.19. The minimum Gasteiger partial charge on any atom is -0.395 e. The first-order chi connectivity index (χ1) is 14.0. The molecule has 2 heterocycles. The van der Waals surface area contributed by atoms with E-state index in [0.29, 0.717) is 49.2 Å². The van der Waals surface area contributed by atoms with Gasteiger partial charge in [0.05, 0.1) is 29.1 Å². The molecule has 29 heavy (non-hydrogen) atoms. The van der Waals surface area contributed by atoms with Gasteiger partial charge in [0.25, 0.3) is 0 Å². The van der Waals surface area contributed by atoms with Crippen molar-refractivity contribution in [1.29, 1.82) is 0 Å². The van der Waals surface area contributed by atoms with Crippen LogP contribution >= 0.6 is 11.6 Å². The van der Waals surface area contributed by atoms with Gasteiger partial charge in [-0.3, -0.25) is 4.90 Å². The molecule has 0 atom stereocenters. The summed E-state index contributed by atoms with van der Waals surface area (Å²) in [6, 6.07) is 14.1. The number of imidazole rings is 1. The topological polar surface area (TPSA) is 78.7 Å². The van der Waals surface area contributed by atoms with Crippen molar-refractivity contribution in [2.75, 3.05) is 32.8 Å². The normalized spacial score (nSPS) is 16.5. The highest BCUT2D eigenvalue weighted by molar-refractivity contribution is 7.89. The van der Waals surface area contributed by atoms with Crippen LogP contribution in [0.1, 0.15) is 5.82 Å². The van der Waals surface area contributed by atoms with Crippen molar-refractivity contribution in [3.63, 3.8) is 0 Å². The smallest absolute Gasteiger partial charge is 0.243 e. The maximum Gasteiger partial charge on any atom is 0.243 e. The molecular weight excluding hydrogens is 412 g/mol. The van der Waals surface area contributed by atoms with E-state index in [1.165, 1.54) is 4.31 Å². The zero-order valence-electron chi connectivity index (χ0n) is 15.9. The van der Waals surface area contributed by atoms with Crippen molar-refractivity contribution in [1.82, 2.24) is 18.8 Å². The second-order valence-corrected chi connectivity index (χ2v) is 9.40. The van der Waals surface area contributed by atoms with Gasteiger partial charge in [0.2, 0.25) is 10.0 Å². The van der Waals surface area contributed by atoms with Crippen LogP contribution in [-0.4, -0.2) is 65.1 Å². The number of piperazine rings is 1. The average molecular weight is 435 g/mol. The van der Waals surface area contributed by atoms with Crippen LogP contribution in [0.4, 0.5) is 0 Å². The lowest BCUT2D eigenvalue weighted by Gasteiger charge is -2.33. The summed E-state index contributed by atoms with van der Waals surface area (Å²) in [5, 5.41) is 10.1. The van der Waals surface area contributed by atoms with Crippen molar-refractivity contribution in [3.05, 3.63) is 59.4 Å². The molecule has 0 saturated carbocycles. The van der Waals surface area contributed by atoms with Gasteiger partial charge in [-0.2, -0.15) is 4.31 Å². The monoisotopic (exact) mass is 434 g/mol. The Kier molecular flexibility index (Phi) is 5.89. The van der Waals surface area contributed by atoms with E-state index in [-0.39, 0.29) is 6.61 Å². The molecule has 1 aliphatic rings. The Labute approximate surface area is 175 Å². The summed E-state index contributed by atoms with van der Waals surface area (Å²) in [6.07, 6.45) is 0. The van der Waals surface area contributed by atoms with E-state index in [1.807, 2.05) is 22.8 Å². The zero-order valence-corrected chi connectivity index (χ0v) is 17.5. The van der Waals surface area contributed by atoms with Crippen LogP contribution in [0.2, 0.25) is 5.02 Å². The molecule has 1 saturated heterocycles. The predicted octanol–water partition coefficient (Wildman–Crippen LogP) is 2.19. The summed E-state index contributed by atoms with van der Waals surface area (Å²) < 4.78 is 29.1. The molecule has 0 aliphatic carbocycles. The molecule has 2 aromatic carbocycles. The molecule has 9 heteroatoms. The van der Waals surface area contributed by atoms with Gasteiger partial charge >= 0.3 is 0 Å². The van der Waals surface area contributed by atoms with E-state index in [2.05, 4.69) is 4.90 Å². The third-order valence-corrected chi connectivity index (χ3v) is 7.34. The number of hydrogen-bond donors (Lipinski definition) is 1. The van der Waals surface area contributed by atoms with Crippen LogP contribution in [0.5, 0.6) is 0 Å². The number of hydrogen-bond acceptors (Lipinski definition) is 5. The molecular formula is C20H23ClN4O3S. The summed E-state index contributed by atoms with van der Waals surface area (Å²) in [5.41, 5.74) is 1.73. The minimum absolute atomic E-state index is 0.00801. The first-order valence-corrected chi connectivity index (χ1v) is 11.3.